The van der Waals surface area contributed by atoms with Gasteiger partial charge in [-0.2, -0.15) is 5.11 Å². The van der Waals surface area contributed by atoms with Gasteiger partial charge in [-0.25, -0.2) is 14.8 Å². The summed E-state index contributed by atoms with van der Waals surface area (Å²) in [6.07, 6.45) is 0. The Morgan fingerprint density at radius 2 is 2.37 bits per heavy atom. The highest BCUT2D eigenvalue weighted by Gasteiger charge is 2.27. The maximum absolute atomic E-state index is 11.4. The van der Waals surface area contributed by atoms with Crippen LogP contribution in [0.15, 0.2) is 28.5 Å². The summed E-state index contributed by atoms with van der Waals surface area (Å²) in [6, 6.07) is 5.38. The third kappa shape index (κ3) is 2.17. The van der Waals surface area contributed by atoms with E-state index in [1.54, 1.807) is 16.3 Å². The van der Waals surface area contributed by atoms with Crippen molar-refractivity contribution in [1.82, 2.24) is 4.98 Å². The molecule has 1 aromatic heterocycles. The van der Waals surface area contributed by atoms with Crippen molar-refractivity contribution < 1.29 is 9.53 Å². The third-order valence-electron chi connectivity index (χ3n) is 2.89. The molecule has 0 saturated heterocycles. The predicted molar refractivity (Wildman–Crippen MR) is 72.4 cm³/mol. The van der Waals surface area contributed by atoms with E-state index in [2.05, 4.69) is 20.1 Å². The van der Waals surface area contributed by atoms with Gasteiger partial charge in [-0.05, 0) is 25.1 Å². The molecule has 0 radical (unpaired) electrons. The highest BCUT2D eigenvalue weighted by Crippen LogP contribution is 2.28. The largest absolute Gasteiger partial charge is 0.467 e. The van der Waals surface area contributed by atoms with Gasteiger partial charge in [0.2, 0.25) is 0 Å². The predicted octanol–water partition coefficient (Wildman–Crippen LogP) is 2.33. The molecule has 0 N–H and O–H groups in total. The average Bonchev–Trinajstić information content (AvgIpc) is 3.01. The molecule has 0 amide bonds. The van der Waals surface area contributed by atoms with Crippen molar-refractivity contribution in [2.45, 2.75) is 13.0 Å². The number of esters is 1. The lowest BCUT2D eigenvalue weighted by molar-refractivity contribution is -0.141. The van der Waals surface area contributed by atoms with Crippen LogP contribution in [0.1, 0.15) is 5.01 Å². The van der Waals surface area contributed by atoms with Crippen molar-refractivity contribution in [2.75, 3.05) is 18.7 Å². The Morgan fingerprint density at radius 1 is 1.53 bits per heavy atom. The summed E-state index contributed by atoms with van der Waals surface area (Å²) >= 11 is 1.65. The fraction of sp³-hybridized carbons (Fsp3) is 0.333. The molecule has 1 atom stereocenters. The zero-order valence-electron chi connectivity index (χ0n) is 10.5. The van der Waals surface area contributed by atoms with E-state index in [4.69, 9.17) is 0 Å². The van der Waals surface area contributed by atoms with Crippen LogP contribution < -0.4 is 5.01 Å². The smallest absolute Gasteiger partial charge is 0.334 e. The number of carbonyl (C=O) groups is 1. The molecule has 98 valence electrons. The molecule has 2 heterocycles. The minimum absolute atomic E-state index is 0.364. The van der Waals surface area contributed by atoms with E-state index >= 15 is 0 Å². The summed E-state index contributed by atoms with van der Waals surface area (Å²) < 4.78 is 5.80. The molecular weight excluding hydrogens is 264 g/mol. The van der Waals surface area contributed by atoms with Gasteiger partial charge >= 0.3 is 5.97 Å². The van der Waals surface area contributed by atoms with Gasteiger partial charge in [0.05, 0.1) is 34.6 Å². The van der Waals surface area contributed by atoms with Gasteiger partial charge in [0.15, 0.2) is 6.04 Å². The molecule has 3 rings (SSSR count). The highest BCUT2D eigenvalue weighted by molar-refractivity contribution is 7.18. The molecule has 1 unspecified atom stereocenters. The first-order valence-electron chi connectivity index (χ1n) is 5.80. The van der Waals surface area contributed by atoms with Crippen LogP contribution in [0.3, 0.4) is 0 Å². The molecule has 0 saturated carbocycles. The van der Waals surface area contributed by atoms with Gasteiger partial charge in [-0.3, -0.25) is 0 Å². The zero-order chi connectivity index (χ0) is 13.4. The lowest BCUT2D eigenvalue weighted by Gasteiger charge is -2.12. The van der Waals surface area contributed by atoms with Crippen molar-refractivity contribution >= 4 is 33.2 Å². The second kappa shape index (κ2) is 4.58. The van der Waals surface area contributed by atoms with E-state index in [1.807, 2.05) is 25.1 Å². The van der Waals surface area contributed by atoms with Gasteiger partial charge in [0, 0.05) is 0 Å². The number of thiazole rings is 1. The quantitative estimate of drug-likeness (QED) is 0.789. The minimum atomic E-state index is -0.544. The Kier molecular flexibility index (Phi) is 2.90. The van der Waals surface area contributed by atoms with E-state index < -0.39 is 6.04 Å². The average molecular weight is 276 g/mol. The number of carbonyl (C=O) groups excluding carboxylic acids is 1. The summed E-state index contributed by atoms with van der Waals surface area (Å²) in [7, 11) is 1.35. The molecule has 0 spiro atoms. The van der Waals surface area contributed by atoms with E-state index in [1.165, 1.54) is 7.11 Å². The van der Waals surface area contributed by atoms with Crippen molar-refractivity contribution in [3.05, 3.63) is 23.2 Å². The van der Waals surface area contributed by atoms with Gasteiger partial charge in [0.25, 0.3) is 0 Å². The molecule has 0 fully saturated rings. The molecule has 0 aliphatic carbocycles. The first-order valence-corrected chi connectivity index (χ1v) is 6.62. The number of methoxy groups -OCH3 is 1. The Balaban J connectivity index is 1.86. The maximum atomic E-state index is 11.4. The second-order valence-electron chi connectivity index (χ2n) is 4.21. The van der Waals surface area contributed by atoms with E-state index in [0.717, 1.165) is 20.9 Å². The topological polar surface area (TPSA) is 67.2 Å². The number of fused-ring (bicyclic) bond motifs is 1. The number of benzene rings is 1. The fourth-order valence-electron chi connectivity index (χ4n) is 1.97. The lowest BCUT2D eigenvalue weighted by atomic mass is 10.2. The minimum Gasteiger partial charge on any atom is -0.467 e. The van der Waals surface area contributed by atoms with Crippen molar-refractivity contribution in [3.63, 3.8) is 0 Å². The van der Waals surface area contributed by atoms with Crippen LogP contribution in [0, 0.1) is 6.92 Å². The van der Waals surface area contributed by atoms with Crippen LogP contribution in [0.4, 0.5) is 5.69 Å². The van der Waals surface area contributed by atoms with Crippen molar-refractivity contribution in [2.24, 2.45) is 10.3 Å². The van der Waals surface area contributed by atoms with Crippen molar-refractivity contribution in [3.8, 4) is 0 Å². The highest BCUT2D eigenvalue weighted by atomic mass is 32.1. The van der Waals surface area contributed by atoms with Gasteiger partial charge in [-0.1, -0.05) is 5.22 Å². The molecule has 1 aromatic carbocycles. The zero-order valence-corrected chi connectivity index (χ0v) is 11.3. The van der Waals surface area contributed by atoms with E-state index in [-0.39, 0.29) is 5.97 Å². The molecule has 6 nitrogen and oxygen atoms in total. The lowest BCUT2D eigenvalue weighted by Crippen LogP contribution is -2.27. The third-order valence-corrected chi connectivity index (χ3v) is 3.85. The Hall–Kier alpha value is -2.02. The van der Waals surface area contributed by atoms with Crippen LogP contribution in [-0.2, 0) is 9.53 Å². The number of nitrogens with zero attached hydrogens (tertiary/aromatic N) is 4. The standard InChI is InChI=1S/C12H12N4O2S/c1-7-13-9-5-8(3-4-11(9)19-7)16-6-10(14-15-16)12(17)18-2/h3-5,10H,6H2,1-2H3. The Labute approximate surface area is 113 Å². The normalized spacial score (nSPS) is 18.2. The molecule has 2 aromatic rings. The Bertz CT molecular complexity index is 667. The maximum Gasteiger partial charge on any atom is 0.334 e. The van der Waals surface area contributed by atoms with Crippen molar-refractivity contribution in [1.29, 1.82) is 0 Å². The SMILES string of the molecule is COC(=O)C1CN(c2ccc3sc(C)nc3c2)N=N1. The van der Waals surface area contributed by atoms with Gasteiger partial charge in [0.1, 0.15) is 0 Å². The molecule has 19 heavy (non-hydrogen) atoms. The summed E-state index contributed by atoms with van der Waals surface area (Å²) in [4.78, 5) is 15.8. The first kappa shape index (κ1) is 12.0. The summed E-state index contributed by atoms with van der Waals surface area (Å²) in [6.45, 7) is 2.38. The van der Waals surface area contributed by atoms with E-state index in [9.17, 15) is 4.79 Å². The number of hydrogen-bond acceptors (Lipinski definition) is 7. The molecule has 1 aliphatic rings. The molecular formula is C12H12N4O2S. The molecule has 0 bridgehead atoms. The molecule has 1 aliphatic heterocycles. The first-order chi connectivity index (χ1) is 9.17. The summed E-state index contributed by atoms with van der Waals surface area (Å²) in [5.74, 6) is -0.364. The van der Waals surface area contributed by atoms with Crippen LogP contribution in [-0.4, -0.2) is 30.6 Å². The Morgan fingerprint density at radius 3 is 3.16 bits per heavy atom. The van der Waals surface area contributed by atoms with Crippen LogP contribution in [0.5, 0.6) is 0 Å². The second-order valence-corrected chi connectivity index (χ2v) is 5.45. The number of aromatic nitrogens is 1. The number of ether oxygens (including phenoxy) is 1. The number of anilines is 1. The van der Waals surface area contributed by atoms with Crippen LogP contribution in [0.25, 0.3) is 10.2 Å². The van der Waals surface area contributed by atoms with Crippen LogP contribution >= 0.6 is 11.3 Å². The number of hydrogen-bond donors (Lipinski definition) is 0. The summed E-state index contributed by atoms with van der Waals surface area (Å²) in [5, 5.41) is 10.6. The van der Waals surface area contributed by atoms with Crippen LogP contribution in [0.2, 0.25) is 0 Å². The number of aryl methyl sites for hydroxylation is 1. The summed E-state index contributed by atoms with van der Waals surface area (Å²) in [5.41, 5.74) is 1.82. The molecule has 7 heteroatoms. The van der Waals surface area contributed by atoms with Gasteiger partial charge in [-0.15, -0.1) is 11.3 Å². The van der Waals surface area contributed by atoms with Gasteiger partial charge < -0.3 is 4.74 Å². The van der Waals surface area contributed by atoms with E-state index in [0.29, 0.717) is 6.54 Å². The number of rotatable bonds is 2. The monoisotopic (exact) mass is 276 g/mol. The fourth-order valence-corrected chi connectivity index (χ4v) is 2.78.